The summed E-state index contributed by atoms with van der Waals surface area (Å²) < 4.78 is 5.91. The van der Waals surface area contributed by atoms with E-state index in [2.05, 4.69) is 35.9 Å². The zero-order chi connectivity index (χ0) is 17.7. The second-order valence-electron chi connectivity index (χ2n) is 7.25. The number of aromatic nitrogens is 1. The van der Waals surface area contributed by atoms with Crippen LogP contribution < -0.4 is 4.74 Å². The number of nitrogens with zero attached hydrogens (tertiary/aromatic N) is 2. The van der Waals surface area contributed by atoms with Gasteiger partial charge in [0.1, 0.15) is 12.4 Å². The third-order valence-electron chi connectivity index (χ3n) is 5.12. The standard InChI is InChI=1S/C21H28N2O2/c1-17-6-7-20(13-18(17)2)25-16-21(24)8-4-11-23(12-9-21)15-19-5-3-10-22-14-19/h3,5-7,10,13-14,24H,4,8-9,11-12,15-16H2,1-2H3. The van der Waals surface area contributed by atoms with Crippen LogP contribution in [0.25, 0.3) is 0 Å². The molecule has 134 valence electrons. The van der Waals surface area contributed by atoms with Crippen molar-refractivity contribution in [2.75, 3.05) is 19.7 Å². The molecule has 0 spiro atoms. The smallest absolute Gasteiger partial charge is 0.119 e. The highest BCUT2D eigenvalue weighted by molar-refractivity contribution is 5.33. The number of ether oxygens (including phenoxy) is 1. The first kappa shape index (κ1) is 17.9. The van der Waals surface area contributed by atoms with Gasteiger partial charge in [-0.05, 0) is 74.5 Å². The van der Waals surface area contributed by atoms with Crippen molar-refractivity contribution in [1.29, 1.82) is 0 Å². The van der Waals surface area contributed by atoms with Gasteiger partial charge < -0.3 is 9.84 Å². The molecule has 1 atom stereocenters. The summed E-state index contributed by atoms with van der Waals surface area (Å²) in [6.07, 6.45) is 6.21. The molecule has 1 saturated heterocycles. The van der Waals surface area contributed by atoms with Crippen LogP contribution in [0.15, 0.2) is 42.7 Å². The molecular formula is C21H28N2O2. The Labute approximate surface area is 150 Å². The lowest BCUT2D eigenvalue weighted by atomic mass is 9.96. The average molecular weight is 340 g/mol. The number of likely N-dealkylation sites (tertiary alicyclic amines) is 1. The third-order valence-corrected chi connectivity index (χ3v) is 5.12. The van der Waals surface area contributed by atoms with Crippen LogP contribution in [-0.4, -0.2) is 40.3 Å². The molecule has 0 amide bonds. The fourth-order valence-electron chi connectivity index (χ4n) is 3.31. The maximum absolute atomic E-state index is 11.0. The molecule has 0 saturated carbocycles. The van der Waals surface area contributed by atoms with Crippen molar-refractivity contribution >= 4 is 0 Å². The van der Waals surface area contributed by atoms with E-state index in [1.165, 1.54) is 16.7 Å². The Morgan fingerprint density at radius 1 is 1.16 bits per heavy atom. The van der Waals surface area contributed by atoms with Crippen LogP contribution >= 0.6 is 0 Å². The maximum Gasteiger partial charge on any atom is 0.119 e. The van der Waals surface area contributed by atoms with Crippen LogP contribution in [0.3, 0.4) is 0 Å². The third kappa shape index (κ3) is 5.03. The van der Waals surface area contributed by atoms with Crippen LogP contribution in [0, 0.1) is 13.8 Å². The van der Waals surface area contributed by atoms with E-state index in [0.29, 0.717) is 6.61 Å². The highest BCUT2D eigenvalue weighted by atomic mass is 16.5. The number of hydrogen-bond acceptors (Lipinski definition) is 4. The first-order chi connectivity index (χ1) is 12.0. The summed E-state index contributed by atoms with van der Waals surface area (Å²) in [5, 5.41) is 11.0. The summed E-state index contributed by atoms with van der Waals surface area (Å²) in [6, 6.07) is 10.2. The topological polar surface area (TPSA) is 45.6 Å². The van der Waals surface area contributed by atoms with Gasteiger partial charge in [0.2, 0.25) is 0 Å². The Kier molecular flexibility index (Phi) is 5.71. The molecule has 1 unspecified atom stereocenters. The van der Waals surface area contributed by atoms with E-state index in [1.807, 2.05) is 24.4 Å². The number of aryl methyl sites for hydroxylation is 2. The minimum absolute atomic E-state index is 0.357. The van der Waals surface area contributed by atoms with E-state index in [-0.39, 0.29) is 0 Å². The van der Waals surface area contributed by atoms with Gasteiger partial charge in [-0.3, -0.25) is 9.88 Å². The maximum atomic E-state index is 11.0. The van der Waals surface area contributed by atoms with E-state index < -0.39 is 5.60 Å². The van der Waals surface area contributed by atoms with Crippen LogP contribution in [0.1, 0.15) is 36.0 Å². The normalized spacial score (nSPS) is 21.7. The molecule has 0 aliphatic carbocycles. The molecule has 2 heterocycles. The van der Waals surface area contributed by atoms with Gasteiger partial charge in [0.15, 0.2) is 0 Å². The second kappa shape index (κ2) is 7.98. The molecule has 1 aromatic heterocycles. The summed E-state index contributed by atoms with van der Waals surface area (Å²) >= 11 is 0. The minimum Gasteiger partial charge on any atom is -0.491 e. The Bertz CT molecular complexity index is 690. The van der Waals surface area contributed by atoms with Crippen molar-refractivity contribution in [2.24, 2.45) is 0 Å². The van der Waals surface area contributed by atoms with Crippen LogP contribution in [0.4, 0.5) is 0 Å². The molecule has 1 aliphatic heterocycles. The lowest BCUT2D eigenvalue weighted by Gasteiger charge is -2.27. The van der Waals surface area contributed by atoms with Crippen LogP contribution in [0.2, 0.25) is 0 Å². The molecule has 1 fully saturated rings. The van der Waals surface area contributed by atoms with Gasteiger partial charge in [-0.1, -0.05) is 12.1 Å². The minimum atomic E-state index is -0.748. The molecule has 0 bridgehead atoms. The van der Waals surface area contributed by atoms with E-state index >= 15 is 0 Å². The molecule has 1 N–H and O–H groups in total. The van der Waals surface area contributed by atoms with Crippen LogP contribution in [0.5, 0.6) is 5.75 Å². The highest BCUT2D eigenvalue weighted by Crippen LogP contribution is 2.25. The van der Waals surface area contributed by atoms with Crippen molar-refractivity contribution in [2.45, 2.75) is 45.3 Å². The van der Waals surface area contributed by atoms with Crippen molar-refractivity contribution in [3.05, 3.63) is 59.4 Å². The molecule has 4 heteroatoms. The van der Waals surface area contributed by atoms with E-state index in [0.717, 1.165) is 44.6 Å². The number of benzene rings is 1. The lowest BCUT2D eigenvalue weighted by Crippen LogP contribution is -2.37. The van der Waals surface area contributed by atoms with E-state index in [1.54, 1.807) is 6.20 Å². The van der Waals surface area contributed by atoms with Gasteiger partial charge in [0.05, 0.1) is 5.60 Å². The van der Waals surface area contributed by atoms with Crippen LogP contribution in [-0.2, 0) is 6.54 Å². The van der Waals surface area contributed by atoms with Gasteiger partial charge in [-0.25, -0.2) is 0 Å². The van der Waals surface area contributed by atoms with Gasteiger partial charge in [-0.15, -0.1) is 0 Å². The van der Waals surface area contributed by atoms with Crippen molar-refractivity contribution in [3.8, 4) is 5.75 Å². The summed E-state index contributed by atoms with van der Waals surface area (Å²) in [7, 11) is 0. The van der Waals surface area contributed by atoms with Crippen molar-refractivity contribution in [3.63, 3.8) is 0 Å². The van der Waals surface area contributed by atoms with Gasteiger partial charge in [0, 0.05) is 25.5 Å². The Balaban J connectivity index is 1.54. The fourth-order valence-corrected chi connectivity index (χ4v) is 3.31. The van der Waals surface area contributed by atoms with Crippen molar-refractivity contribution < 1.29 is 9.84 Å². The molecule has 3 rings (SSSR count). The number of pyridine rings is 1. The predicted molar refractivity (Wildman–Crippen MR) is 99.7 cm³/mol. The molecule has 1 aromatic carbocycles. The first-order valence-corrected chi connectivity index (χ1v) is 9.08. The van der Waals surface area contributed by atoms with E-state index in [9.17, 15) is 5.11 Å². The van der Waals surface area contributed by atoms with Gasteiger partial charge >= 0.3 is 0 Å². The summed E-state index contributed by atoms with van der Waals surface area (Å²) in [6.45, 7) is 7.30. The first-order valence-electron chi connectivity index (χ1n) is 9.08. The Morgan fingerprint density at radius 2 is 2.04 bits per heavy atom. The molecule has 2 aromatic rings. The SMILES string of the molecule is Cc1ccc(OCC2(O)CCCN(Cc3cccnc3)CC2)cc1C. The van der Waals surface area contributed by atoms with Gasteiger partial charge in [0.25, 0.3) is 0 Å². The Morgan fingerprint density at radius 3 is 2.80 bits per heavy atom. The number of rotatable bonds is 5. The number of hydrogen-bond donors (Lipinski definition) is 1. The van der Waals surface area contributed by atoms with Crippen molar-refractivity contribution in [1.82, 2.24) is 9.88 Å². The predicted octanol–water partition coefficient (Wildman–Crippen LogP) is 3.49. The van der Waals surface area contributed by atoms with Gasteiger partial charge in [-0.2, -0.15) is 0 Å². The highest BCUT2D eigenvalue weighted by Gasteiger charge is 2.31. The Hall–Kier alpha value is -1.91. The summed E-state index contributed by atoms with van der Waals surface area (Å²) in [5.74, 6) is 0.841. The average Bonchev–Trinajstić information content (AvgIpc) is 2.79. The van der Waals surface area contributed by atoms with E-state index in [4.69, 9.17) is 4.74 Å². The molecule has 25 heavy (non-hydrogen) atoms. The lowest BCUT2D eigenvalue weighted by molar-refractivity contribution is -0.0168. The zero-order valence-corrected chi connectivity index (χ0v) is 15.2. The molecular weight excluding hydrogens is 312 g/mol. The molecule has 4 nitrogen and oxygen atoms in total. The second-order valence-corrected chi connectivity index (χ2v) is 7.25. The fraction of sp³-hybridized carbons (Fsp3) is 0.476. The molecule has 1 aliphatic rings. The quantitative estimate of drug-likeness (QED) is 0.905. The monoisotopic (exact) mass is 340 g/mol. The summed E-state index contributed by atoms with van der Waals surface area (Å²) in [4.78, 5) is 6.58. The zero-order valence-electron chi connectivity index (χ0n) is 15.2. The molecule has 0 radical (unpaired) electrons. The summed E-state index contributed by atoms with van der Waals surface area (Å²) in [5.41, 5.74) is 2.95. The number of aliphatic hydroxyl groups is 1. The largest absolute Gasteiger partial charge is 0.491 e.